The van der Waals surface area contributed by atoms with E-state index in [9.17, 15) is 10.1 Å². The zero-order valence-electron chi connectivity index (χ0n) is 7.76. The molecule has 0 bridgehead atoms. The normalized spacial score (nSPS) is 8.87. The van der Waals surface area contributed by atoms with Crippen LogP contribution in [0.5, 0.6) is 0 Å². The van der Waals surface area contributed by atoms with Crippen LogP contribution >= 0.6 is 24.6 Å². The second-order valence-corrected chi connectivity index (χ2v) is 3.07. The van der Waals surface area contributed by atoms with Gasteiger partial charge in [0.25, 0.3) is 0 Å². The van der Waals surface area contributed by atoms with Crippen molar-refractivity contribution in [1.29, 1.82) is 0 Å². The lowest BCUT2D eigenvalue weighted by molar-refractivity contribution is -0.384. The average molecular weight is 249 g/mol. The van der Waals surface area contributed by atoms with Gasteiger partial charge in [0.15, 0.2) is 5.11 Å². The maximum absolute atomic E-state index is 10.6. The lowest BCUT2D eigenvalue weighted by Gasteiger charge is -2.03. The molecule has 0 fully saturated rings. The average Bonchev–Trinajstić information content (AvgIpc) is 2.07. The van der Waals surface area contributed by atoms with Crippen LogP contribution in [0, 0.1) is 17.0 Å². The zero-order chi connectivity index (χ0) is 10.7. The molecule has 0 radical (unpaired) electrons. The minimum absolute atomic E-state index is 0. The standard InChI is InChI=1S/C7H8N4O2S.ClH/c1-4-2-5(11(12)13)6(9-3-4)10-7(8)14;/h2-3H,1H3,(H3,8,9,10,14);1H. The van der Waals surface area contributed by atoms with E-state index < -0.39 is 4.92 Å². The molecule has 0 saturated carbocycles. The number of thiocarbonyl (C=S) groups is 1. The van der Waals surface area contributed by atoms with Crippen molar-refractivity contribution >= 4 is 41.2 Å². The van der Waals surface area contributed by atoms with Crippen LogP contribution in [0.25, 0.3) is 0 Å². The molecule has 1 aromatic heterocycles. The minimum atomic E-state index is -0.541. The Hall–Kier alpha value is -1.47. The fourth-order valence-corrected chi connectivity index (χ4v) is 1.00. The van der Waals surface area contributed by atoms with Crippen LogP contribution < -0.4 is 11.1 Å². The van der Waals surface area contributed by atoms with E-state index in [1.807, 2.05) is 0 Å². The quantitative estimate of drug-likeness (QED) is 0.466. The highest BCUT2D eigenvalue weighted by Gasteiger charge is 2.15. The molecule has 0 aromatic carbocycles. The van der Waals surface area contributed by atoms with Gasteiger partial charge in [-0.2, -0.15) is 0 Å². The molecule has 0 saturated heterocycles. The van der Waals surface area contributed by atoms with E-state index in [1.165, 1.54) is 12.3 Å². The Kier molecular flexibility index (Phi) is 4.89. The number of nitrogens with two attached hydrogens (primary N) is 1. The Morgan fingerprint density at radius 2 is 2.33 bits per heavy atom. The molecule has 6 nitrogen and oxygen atoms in total. The molecule has 1 aromatic rings. The van der Waals surface area contributed by atoms with Crippen LogP contribution in [0.3, 0.4) is 0 Å². The predicted molar refractivity (Wildman–Crippen MR) is 63.3 cm³/mol. The third kappa shape index (κ3) is 3.64. The van der Waals surface area contributed by atoms with Crippen LogP contribution in [0.2, 0.25) is 0 Å². The number of nitrogens with zero attached hydrogens (tertiary/aromatic N) is 2. The topological polar surface area (TPSA) is 94.1 Å². The zero-order valence-corrected chi connectivity index (χ0v) is 9.39. The van der Waals surface area contributed by atoms with Gasteiger partial charge < -0.3 is 11.1 Å². The van der Waals surface area contributed by atoms with Crippen LogP contribution in [-0.4, -0.2) is 15.0 Å². The van der Waals surface area contributed by atoms with Crippen molar-refractivity contribution in [2.75, 3.05) is 5.32 Å². The summed E-state index contributed by atoms with van der Waals surface area (Å²) in [5.74, 6) is 0.0631. The molecule has 0 aliphatic carbocycles. The molecular formula is C7H9ClN4O2S. The first kappa shape index (κ1) is 13.5. The Labute approximate surface area is 97.4 Å². The van der Waals surface area contributed by atoms with Gasteiger partial charge in [0.2, 0.25) is 5.82 Å². The minimum Gasteiger partial charge on any atom is -0.376 e. The van der Waals surface area contributed by atoms with Gasteiger partial charge in [-0.25, -0.2) is 4.98 Å². The summed E-state index contributed by atoms with van der Waals surface area (Å²) in [7, 11) is 0. The van der Waals surface area contributed by atoms with Crippen molar-refractivity contribution in [1.82, 2.24) is 4.98 Å². The van der Waals surface area contributed by atoms with Gasteiger partial charge in [-0.3, -0.25) is 10.1 Å². The van der Waals surface area contributed by atoms with Crippen molar-refractivity contribution in [3.05, 3.63) is 27.9 Å². The summed E-state index contributed by atoms with van der Waals surface area (Å²) in [5, 5.41) is 13.0. The molecule has 1 rings (SSSR count). The van der Waals surface area contributed by atoms with Gasteiger partial charge in [-0.1, -0.05) is 0 Å². The molecule has 0 spiro atoms. The Bertz CT molecular complexity index is 399. The van der Waals surface area contributed by atoms with Crippen LogP contribution in [0.1, 0.15) is 5.56 Å². The number of hydrogen-bond acceptors (Lipinski definition) is 4. The van der Waals surface area contributed by atoms with Crippen molar-refractivity contribution in [3.8, 4) is 0 Å². The lowest BCUT2D eigenvalue weighted by Crippen LogP contribution is -2.20. The summed E-state index contributed by atoms with van der Waals surface area (Å²) >= 11 is 4.56. The number of aromatic nitrogens is 1. The van der Waals surface area contributed by atoms with E-state index in [0.717, 1.165) is 0 Å². The summed E-state index contributed by atoms with van der Waals surface area (Å²) in [4.78, 5) is 13.9. The lowest BCUT2D eigenvalue weighted by atomic mass is 10.3. The third-order valence-electron chi connectivity index (χ3n) is 1.44. The molecule has 0 atom stereocenters. The highest BCUT2D eigenvalue weighted by Crippen LogP contribution is 2.21. The largest absolute Gasteiger partial charge is 0.376 e. The summed E-state index contributed by atoms with van der Waals surface area (Å²) in [6.45, 7) is 1.71. The number of pyridine rings is 1. The molecule has 15 heavy (non-hydrogen) atoms. The van der Waals surface area contributed by atoms with E-state index in [0.29, 0.717) is 5.56 Å². The Balaban J connectivity index is 0.00000196. The molecule has 1 heterocycles. The molecule has 8 heteroatoms. The van der Waals surface area contributed by atoms with Gasteiger partial charge in [0.05, 0.1) is 4.92 Å². The van der Waals surface area contributed by atoms with Gasteiger partial charge >= 0.3 is 5.69 Å². The SMILES string of the molecule is Cc1cnc(NC(N)=S)c([N+](=O)[O-])c1.Cl. The van der Waals surface area contributed by atoms with Gasteiger partial charge in [0.1, 0.15) is 0 Å². The number of nitrogens with one attached hydrogen (secondary N) is 1. The van der Waals surface area contributed by atoms with Crippen LogP contribution in [0.15, 0.2) is 12.3 Å². The number of aryl methyl sites for hydroxylation is 1. The van der Waals surface area contributed by atoms with Crippen LogP contribution in [0.4, 0.5) is 11.5 Å². The van der Waals surface area contributed by atoms with Gasteiger partial charge in [0, 0.05) is 12.3 Å². The molecule has 0 unspecified atom stereocenters. The number of nitro groups is 1. The third-order valence-corrected chi connectivity index (χ3v) is 1.54. The maximum Gasteiger partial charge on any atom is 0.312 e. The second-order valence-electron chi connectivity index (χ2n) is 2.63. The first-order chi connectivity index (χ1) is 6.50. The number of hydrogen-bond donors (Lipinski definition) is 2. The molecular weight excluding hydrogens is 240 g/mol. The maximum atomic E-state index is 10.6. The number of anilines is 1. The van der Waals surface area contributed by atoms with E-state index in [1.54, 1.807) is 6.92 Å². The smallest absolute Gasteiger partial charge is 0.312 e. The second kappa shape index (κ2) is 5.42. The van der Waals surface area contributed by atoms with E-state index in [-0.39, 0.29) is 29.0 Å². The molecule has 0 aliphatic heterocycles. The van der Waals surface area contributed by atoms with E-state index >= 15 is 0 Å². The fourth-order valence-electron chi connectivity index (χ4n) is 0.906. The summed E-state index contributed by atoms with van der Waals surface area (Å²) in [5.41, 5.74) is 5.75. The molecule has 82 valence electrons. The summed E-state index contributed by atoms with van der Waals surface area (Å²) in [6.07, 6.45) is 1.49. The highest BCUT2D eigenvalue weighted by molar-refractivity contribution is 7.80. The summed E-state index contributed by atoms with van der Waals surface area (Å²) < 4.78 is 0. The predicted octanol–water partition coefficient (Wildman–Crippen LogP) is 1.38. The Morgan fingerprint density at radius 1 is 1.73 bits per heavy atom. The van der Waals surface area contributed by atoms with Crippen molar-refractivity contribution < 1.29 is 4.92 Å². The van der Waals surface area contributed by atoms with E-state index in [2.05, 4.69) is 22.5 Å². The number of halogens is 1. The Morgan fingerprint density at radius 3 is 2.80 bits per heavy atom. The number of rotatable bonds is 2. The summed E-state index contributed by atoms with van der Waals surface area (Å²) in [6, 6.07) is 1.40. The first-order valence-corrected chi connectivity index (χ1v) is 4.09. The molecule has 0 amide bonds. The highest BCUT2D eigenvalue weighted by atomic mass is 35.5. The van der Waals surface area contributed by atoms with Crippen LogP contribution in [-0.2, 0) is 0 Å². The molecule has 0 aliphatic rings. The monoisotopic (exact) mass is 248 g/mol. The van der Waals surface area contributed by atoms with Crippen molar-refractivity contribution in [2.24, 2.45) is 5.73 Å². The first-order valence-electron chi connectivity index (χ1n) is 3.68. The fraction of sp³-hybridized carbons (Fsp3) is 0.143. The van der Waals surface area contributed by atoms with Gasteiger partial charge in [-0.05, 0) is 24.7 Å². The van der Waals surface area contributed by atoms with E-state index in [4.69, 9.17) is 5.73 Å². The van der Waals surface area contributed by atoms with Gasteiger partial charge in [-0.15, -0.1) is 12.4 Å². The molecule has 3 N–H and O–H groups in total. The van der Waals surface area contributed by atoms with Crippen molar-refractivity contribution in [3.63, 3.8) is 0 Å². The van der Waals surface area contributed by atoms with Crippen molar-refractivity contribution in [2.45, 2.75) is 6.92 Å².